The summed E-state index contributed by atoms with van der Waals surface area (Å²) in [5.74, 6) is -1.24. The first-order chi connectivity index (χ1) is 9.45. The maximum Gasteiger partial charge on any atom is 0.129 e. The van der Waals surface area contributed by atoms with Gasteiger partial charge in [-0.1, -0.05) is 6.07 Å². The number of aliphatic hydroxyl groups is 1. The normalized spacial score (nSPS) is 12.9. The Labute approximate surface area is 116 Å². The minimum absolute atomic E-state index is 0.140. The Morgan fingerprint density at radius 2 is 1.95 bits per heavy atom. The van der Waals surface area contributed by atoms with Crippen LogP contribution >= 0.6 is 0 Å². The number of rotatable bonds is 5. The van der Waals surface area contributed by atoms with Crippen LogP contribution in [0, 0.1) is 11.6 Å². The topological polar surface area (TPSA) is 38.0 Å². The lowest BCUT2D eigenvalue weighted by atomic mass is 10.0. The Hall–Kier alpha value is -1.75. The highest BCUT2D eigenvalue weighted by Gasteiger charge is 2.13. The third-order valence-corrected chi connectivity index (χ3v) is 3.11. The molecule has 1 N–H and O–H groups in total. The number of aromatic nitrogens is 2. The Morgan fingerprint density at radius 3 is 2.55 bits per heavy atom. The van der Waals surface area contributed by atoms with Crippen LogP contribution in [0.1, 0.15) is 31.1 Å². The highest BCUT2D eigenvalue weighted by Crippen LogP contribution is 2.14. The van der Waals surface area contributed by atoms with Crippen LogP contribution in [0.5, 0.6) is 0 Å². The molecule has 0 saturated carbocycles. The van der Waals surface area contributed by atoms with Crippen molar-refractivity contribution in [3.05, 3.63) is 53.4 Å². The molecule has 2 aromatic rings. The zero-order valence-electron chi connectivity index (χ0n) is 11.6. The molecule has 0 spiro atoms. The summed E-state index contributed by atoms with van der Waals surface area (Å²) in [7, 11) is 0. The molecule has 3 nitrogen and oxygen atoms in total. The van der Waals surface area contributed by atoms with Crippen molar-refractivity contribution in [3.63, 3.8) is 0 Å². The maximum atomic E-state index is 13.5. The van der Waals surface area contributed by atoms with E-state index in [4.69, 9.17) is 0 Å². The van der Waals surface area contributed by atoms with E-state index in [2.05, 4.69) is 5.10 Å². The van der Waals surface area contributed by atoms with Crippen LogP contribution in [0.4, 0.5) is 8.78 Å². The smallest absolute Gasteiger partial charge is 0.129 e. The van der Waals surface area contributed by atoms with Crippen LogP contribution in [0.25, 0.3) is 0 Å². The van der Waals surface area contributed by atoms with Crippen LogP contribution in [0.3, 0.4) is 0 Å². The van der Waals surface area contributed by atoms with Crippen molar-refractivity contribution < 1.29 is 13.9 Å². The van der Waals surface area contributed by atoms with Gasteiger partial charge in [0.1, 0.15) is 11.6 Å². The van der Waals surface area contributed by atoms with Crippen LogP contribution in [0.15, 0.2) is 30.5 Å². The van der Waals surface area contributed by atoms with Gasteiger partial charge in [0.2, 0.25) is 0 Å². The lowest BCUT2D eigenvalue weighted by Gasteiger charge is -2.10. The molecule has 1 heterocycles. The van der Waals surface area contributed by atoms with Crippen LogP contribution in [-0.2, 0) is 12.8 Å². The van der Waals surface area contributed by atoms with Gasteiger partial charge in [0, 0.05) is 31.1 Å². The summed E-state index contributed by atoms with van der Waals surface area (Å²) in [5, 5.41) is 14.3. The predicted octanol–water partition coefficient (Wildman–Crippen LogP) is 2.89. The molecule has 2 rings (SSSR count). The van der Waals surface area contributed by atoms with Gasteiger partial charge in [-0.3, -0.25) is 4.68 Å². The number of hydrogen-bond acceptors (Lipinski definition) is 2. The van der Waals surface area contributed by atoms with E-state index in [1.807, 2.05) is 26.1 Å². The maximum absolute atomic E-state index is 13.5. The van der Waals surface area contributed by atoms with E-state index < -0.39 is 17.7 Å². The summed E-state index contributed by atoms with van der Waals surface area (Å²) in [5.41, 5.74) is 1.07. The number of aliphatic hydroxyl groups excluding tert-OH is 1. The van der Waals surface area contributed by atoms with Crippen molar-refractivity contribution in [1.82, 2.24) is 9.78 Å². The van der Waals surface area contributed by atoms with Crippen LogP contribution < -0.4 is 0 Å². The molecule has 0 amide bonds. The Bertz CT molecular complexity index is 581. The van der Waals surface area contributed by atoms with Gasteiger partial charge in [0.15, 0.2) is 0 Å². The van der Waals surface area contributed by atoms with Crippen molar-refractivity contribution in [2.24, 2.45) is 0 Å². The van der Waals surface area contributed by atoms with Crippen molar-refractivity contribution in [2.45, 2.75) is 38.8 Å². The van der Waals surface area contributed by atoms with E-state index >= 15 is 0 Å². The van der Waals surface area contributed by atoms with Gasteiger partial charge >= 0.3 is 0 Å². The fraction of sp³-hybridized carbons (Fsp3) is 0.400. The molecule has 1 aromatic heterocycles. The molecule has 0 bridgehead atoms. The Kier molecular flexibility index (Phi) is 4.49. The molecule has 0 aliphatic rings. The molecule has 1 unspecified atom stereocenters. The van der Waals surface area contributed by atoms with Gasteiger partial charge in [-0.15, -0.1) is 0 Å². The molecule has 20 heavy (non-hydrogen) atoms. The monoisotopic (exact) mass is 280 g/mol. The third kappa shape index (κ3) is 3.63. The second kappa shape index (κ2) is 6.13. The van der Waals surface area contributed by atoms with Crippen molar-refractivity contribution in [1.29, 1.82) is 0 Å². The van der Waals surface area contributed by atoms with Crippen molar-refractivity contribution >= 4 is 0 Å². The number of benzene rings is 1. The summed E-state index contributed by atoms with van der Waals surface area (Å²) in [6, 6.07) is 5.48. The molecular formula is C15H18F2N2O. The summed E-state index contributed by atoms with van der Waals surface area (Å²) >= 11 is 0. The van der Waals surface area contributed by atoms with E-state index in [-0.39, 0.29) is 12.5 Å². The second-order valence-electron chi connectivity index (χ2n) is 5.18. The SMILES string of the molecule is CC(C)n1ccc(CC(O)Cc2ccc(F)cc2F)n1. The molecule has 108 valence electrons. The number of nitrogens with zero attached hydrogens (tertiary/aromatic N) is 2. The quantitative estimate of drug-likeness (QED) is 0.914. The van der Waals surface area contributed by atoms with Gasteiger partial charge < -0.3 is 5.11 Å². The standard InChI is InChI=1S/C15H18F2N2O/c1-10(2)19-6-5-13(18-19)9-14(20)7-11-3-4-12(16)8-15(11)17/h3-6,8,10,14,20H,7,9H2,1-2H3. The van der Waals surface area contributed by atoms with E-state index in [1.165, 1.54) is 12.1 Å². The minimum Gasteiger partial charge on any atom is -0.392 e. The first kappa shape index (κ1) is 14.7. The zero-order valence-corrected chi connectivity index (χ0v) is 11.6. The summed E-state index contributed by atoms with van der Waals surface area (Å²) in [6.45, 7) is 4.03. The average molecular weight is 280 g/mol. The Balaban J connectivity index is 1.99. The number of halogens is 2. The molecule has 0 saturated heterocycles. The lowest BCUT2D eigenvalue weighted by molar-refractivity contribution is 0.172. The molecule has 5 heteroatoms. The Morgan fingerprint density at radius 1 is 1.20 bits per heavy atom. The van der Waals surface area contributed by atoms with Gasteiger partial charge in [-0.2, -0.15) is 5.10 Å². The summed E-state index contributed by atoms with van der Waals surface area (Å²) < 4.78 is 28.1. The highest BCUT2D eigenvalue weighted by molar-refractivity contribution is 5.19. The highest BCUT2D eigenvalue weighted by atomic mass is 19.1. The molecule has 1 aromatic carbocycles. The fourth-order valence-electron chi connectivity index (χ4n) is 2.03. The van der Waals surface area contributed by atoms with Crippen molar-refractivity contribution in [3.8, 4) is 0 Å². The zero-order chi connectivity index (χ0) is 14.7. The molecule has 0 fully saturated rings. The van der Waals surface area contributed by atoms with E-state index in [0.29, 0.717) is 12.0 Å². The molecule has 0 aliphatic heterocycles. The van der Waals surface area contributed by atoms with Gasteiger partial charge in [0.05, 0.1) is 11.8 Å². The fourth-order valence-corrected chi connectivity index (χ4v) is 2.03. The predicted molar refractivity (Wildman–Crippen MR) is 72.4 cm³/mol. The van der Waals surface area contributed by atoms with Crippen molar-refractivity contribution in [2.75, 3.05) is 0 Å². The van der Waals surface area contributed by atoms with Crippen LogP contribution in [0.2, 0.25) is 0 Å². The van der Waals surface area contributed by atoms with Gasteiger partial charge in [-0.05, 0) is 31.5 Å². The van der Waals surface area contributed by atoms with Gasteiger partial charge in [-0.25, -0.2) is 8.78 Å². The van der Waals surface area contributed by atoms with Gasteiger partial charge in [0.25, 0.3) is 0 Å². The minimum atomic E-state index is -0.745. The van der Waals surface area contributed by atoms with E-state index in [9.17, 15) is 13.9 Å². The van der Waals surface area contributed by atoms with Crippen LogP contribution in [-0.4, -0.2) is 21.0 Å². The summed E-state index contributed by atoms with van der Waals surface area (Å²) in [6.07, 6.45) is 1.59. The molecule has 0 radical (unpaired) electrons. The molecule has 0 aliphatic carbocycles. The van der Waals surface area contributed by atoms with E-state index in [1.54, 1.807) is 4.68 Å². The second-order valence-corrected chi connectivity index (χ2v) is 5.18. The largest absolute Gasteiger partial charge is 0.392 e. The number of hydrogen-bond donors (Lipinski definition) is 1. The lowest BCUT2D eigenvalue weighted by Crippen LogP contribution is -2.15. The first-order valence-electron chi connectivity index (χ1n) is 6.61. The molecule has 1 atom stereocenters. The first-order valence-corrected chi connectivity index (χ1v) is 6.61. The molecular weight excluding hydrogens is 262 g/mol. The van der Waals surface area contributed by atoms with E-state index in [0.717, 1.165) is 11.8 Å². The third-order valence-electron chi connectivity index (χ3n) is 3.11. The summed E-state index contributed by atoms with van der Waals surface area (Å²) in [4.78, 5) is 0. The average Bonchev–Trinajstić information content (AvgIpc) is 2.81.